The number of nitrogens with one attached hydrogen (secondary N) is 1. The SMILES string of the molecule is CCn1c(SCC(=O)NN=Cc2ccccc2F)nnc1-c1ccc(OC)cc1. The monoisotopic (exact) mass is 413 g/mol. The van der Waals surface area contributed by atoms with E-state index in [4.69, 9.17) is 4.74 Å². The first-order chi connectivity index (χ1) is 14.1. The van der Waals surface area contributed by atoms with Crippen LogP contribution in [0.1, 0.15) is 12.5 Å². The summed E-state index contributed by atoms with van der Waals surface area (Å²) in [5.74, 6) is 0.866. The Hall–Kier alpha value is -3.20. The maximum absolute atomic E-state index is 13.5. The molecule has 9 heteroatoms. The summed E-state index contributed by atoms with van der Waals surface area (Å²) in [6.45, 7) is 2.64. The average molecular weight is 413 g/mol. The molecule has 29 heavy (non-hydrogen) atoms. The summed E-state index contributed by atoms with van der Waals surface area (Å²) in [5.41, 5.74) is 3.60. The van der Waals surface area contributed by atoms with E-state index in [-0.39, 0.29) is 11.7 Å². The van der Waals surface area contributed by atoms with Crippen LogP contribution in [0.5, 0.6) is 5.75 Å². The van der Waals surface area contributed by atoms with Crippen LogP contribution < -0.4 is 10.2 Å². The fourth-order valence-electron chi connectivity index (χ4n) is 2.55. The minimum Gasteiger partial charge on any atom is -0.497 e. The first-order valence-corrected chi connectivity index (χ1v) is 9.87. The number of hydrogen-bond donors (Lipinski definition) is 1. The van der Waals surface area contributed by atoms with Crippen LogP contribution in [0.25, 0.3) is 11.4 Å². The Morgan fingerprint density at radius 1 is 1.24 bits per heavy atom. The Bertz CT molecular complexity index is 1000. The lowest BCUT2D eigenvalue weighted by Crippen LogP contribution is -2.20. The molecule has 0 saturated heterocycles. The predicted octanol–water partition coefficient (Wildman–Crippen LogP) is 3.36. The van der Waals surface area contributed by atoms with Crippen molar-refractivity contribution in [3.8, 4) is 17.1 Å². The van der Waals surface area contributed by atoms with Gasteiger partial charge in [-0.1, -0.05) is 30.0 Å². The highest BCUT2D eigenvalue weighted by Gasteiger charge is 2.14. The molecule has 0 aliphatic carbocycles. The van der Waals surface area contributed by atoms with Gasteiger partial charge in [0.1, 0.15) is 11.6 Å². The molecule has 2 aromatic carbocycles. The lowest BCUT2D eigenvalue weighted by Gasteiger charge is -2.07. The smallest absolute Gasteiger partial charge is 0.250 e. The third-order valence-electron chi connectivity index (χ3n) is 4.01. The summed E-state index contributed by atoms with van der Waals surface area (Å²) in [6.07, 6.45) is 1.27. The summed E-state index contributed by atoms with van der Waals surface area (Å²) >= 11 is 1.26. The van der Waals surface area contributed by atoms with Crippen molar-refractivity contribution in [2.45, 2.75) is 18.6 Å². The van der Waals surface area contributed by atoms with Gasteiger partial charge in [-0.05, 0) is 37.3 Å². The van der Waals surface area contributed by atoms with Crippen molar-refractivity contribution >= 4 is 23.9 Å². The molecule has 1 aromatic heterocycles. The van der Waals surface area contributed by atoms with Gasteiger partial charge in [0.15, 0.2) is 11.0 Å². The fraction of sp³-hybridized carbons (Fsp3) is 0.200. The van der Waals surface area contributed by atoms with Crippen molar-refractivity contribution in [1.82, 2.24) is 20.2 Å². The fourth-order valence-corrected chi connectivity index (χ4v) is 3.34. The zero-order valence-corrected chi connectivity index (χ0v) is 16.8. The summed E-state index contributed by atoms with van der Waals surface area (Å²) in [6, 6.07) is 13.7. The van der Waals surface area contributed by atoms with Crippen LogP contribution in [0.4, 0.5) is 4.39 Å². The summed E-state index contributed by atoms with van der Waals surface area (Å²) in [5, 5.41) is 12.9. The lowest BCUT2D eigenvalue weighted by atomic mass is 10.2. The van der Waals surface area contributed by atoms with Crippen molar-refractivity contribution in [2.75, 3.05) is 12.9 Å². The first kappa shape index (κ1) is 20.5. The van der Waals surface area contributed by atoms with Crippen LogP contribution in [-0.2, 0) is 11.3 Å². The molecule has 7 nitrogen and oxygen atoms in total. The Balaban J connectivity index is 1.61. The normalized spacial score (nSPS) is 11.0. The van der Waals surface area contributed by atoms with Crippen LogP contribution in [0.2, 0.25) is 0 Å². The standard InChI is InChI=1S/C20H20FN5O2S/c1-3-26-19(14-8-10-16(28-2)11-9-14)24-25-20(26)29-13-18(27)23-22-12-15-6-4-5-7-17(15)21/h4-12H,3,13H2,1-2H3,(H,23,27). The Labute approximate surface area is 172 Å². The van der Waals surface area contributed by atoms with Gasteiger partial charge in [0, 0.05) is 17.7 Å². The number of ether oxygens (including phenoxy) is 1. The van der Waals surface area contributed by atoms with E-state index in [0.29, 0.717) is 17.3 Å². The minimum absolute atomic E-state index is 0.107. The molecule has 0 atom stereocenters. The number of amides is 1. The van der Waals surface area contributed by atoms with E-state index in [0.717, 1.165) is 17.1 Å². The number of hydrazone groups is 1. The Kier molecular flexibility index (Phi) is 6.96. The molecular weight excluding hydrogens is 393 g/mol. The second kappa shape index (κ2) is 9.83. The van der Waals surface area contributed by atoms with Gasteiger partial charge in [0.25, 0.3) is 5.91 Å². The molecule has 0 radical (unpaired) electrons. The molecule has 0 bridgehead atoms. The number of hydrogen-bond acceptors (Lipinski definition) is 6. The van der Waals surface area contributed by atoms with Crippen molar-refractivity contribution in [3.05, 3.63) is 59.9 Å². The molecule has 0 unspecified atom stereocenters. The summed E-state index contributed by atoms with van der Waals surface area (Å²) in [4.78, 5) is 12.0. The second-order valence-corrected chi connectivity index (χ2v) is 6.82. The van der Waals surface area contributed by atoms with E-state index in [2.05, 4.69) is 20.7 Å². The largest absolute Gasteiger partial charge is 0.497 e. The first-order valence-electron chi connectivity index (χ1n) is 8.89. The van der Waals surface area contributed by atoms with Crippen LogP contribution in [0.3, 0.4) is 0 Å². The third-order valence-corrected chi connectivity index (χ3v) is 4.98. The van der Waals surface area contributed by atoms with E-state index in [9.17, 15) is 9.18 Å². The number of carbonyl (C=O) groups excluding carboxylic acids is 1. The molecule has 0 aliphatic heterocycles. The number of nitrogens with zero attached hydrogens (tertiary/aromatic N) is 4. The topological polar surface area (TPSA) is 81.4 Å². The minimum atomic E-state index is -0.401. The number of thioether (sulfide) groups is 1. The zero-order chi connectivity index (χ0) is 20.6. The maximum atomic E-state index is 13.5. The number of methoxy groups -OCH3 is 1. The van der Waals surface area contributed by atoms with E-state index in [1.165, 1.54) is 24.0 Å². The van der Waals surface area contributed by atoms with E-state index >= 15 is 0 Å². The van der Waals surface area contributed by atoms with Crippen LogP contribution in [0, 0.1) is 5.82 Å². The Morgan fingerprint density at radius 3 is 2.69 bits per heavy atom. The number of carbonyl (C=O) groups is 1. The highest BCUT2D eigenvalue weighted by molar-refractivity contribution is 7.99. The lowest BCUT2D eigenvalue weighted by molar-refractivity contribution is -0.118. The van der Waals surface area contributed by atoms with Crippen molar-refractivity contribution in [2.24, 2.45) is 5.10 Å². The van der Waals surface area contributed by atoms with E-state index in [1.807, 2.05) is 35.8 Å². The van der Waals surface area contributed by atoms with Gasteiger partial charge >= 0.3 is 0 Å². The average Bonchev–Trinajstić information content (AvgIpc) is 3.16. The highest BCUT2D eigenvalue weighted by Crippen LogP contribution is 2.25. The van der Waals surface area contributed by atoms with Crippen LogP contribution >= 0.6 is 11.8 Å². The molecular formula is C20H20FN5O2S. The highest BCUT2D eigenvalue weighted by atomic mass is 32.2. The number of halogens is 1. The van der Waals surface area contributed by atoms with Crippen LogP contribution in [-0.4, -0.2) is 39.7 Å². The molecule has 3 rings (SSSR count). The van der Waals surface area contributed by atoms with Gasteiger partial charge in [-0.25, -0.2) is 9.82 Å². The van der Waals surface area contributed by atoms with E-state index in [1.54, 1.807) is 25.3 Å². The summed E-state index contributed by atoms with van der Waals surface area (Å²) < 4.78 is 20.6. The molecule has 1 amide bonds. The van der Waals surface area contributed by atoms with Crippen molar-refractivity contribution in [3.63, 3.8) is 0 Å². The predicted molar refractivity (Wildman–Crippen MR) is 111 cm³/mol. The second-order valence-electron chi connectivity index (χ2n) is 5.88. The molecule has 0 spiro atoms. The molecule has 0 fully saturated rings. The van der Waals surface area contributed by atoms with Gasteiger partial charge in [-0.2, -0.15) is 5.10 Å². The number of benzene rings is 2. The zero-order valence-electron chi connectivity index (χ0n) is 16.0. The van der Waals surface area contributed by atoms with E-state index < -0.39 is 5.82 Å². The molecule has 3 aromatic rings. The van der Waals surface area contributed by atoms with Gasteiger partial charge in [0.2, 0.25) is 0 Å². The molecule has 1 N–H and O–H groups in total. The molecule has 1 heterocycles. The Morgan fingerprint density at radius 2 is 2.00 bits per heavy atom. The molecule has 0 saturated carbocycles. The third kappa shape index (κ3) is 5.20. The number of aromatic nitrogens is 3. The van der Waals surface area contributed by atoms with Gasteiger partial charge in [-0.3, -0.25) is 4.79 Å². The van der Waals surface area contributed by atoms with Gasteiger partial charge < -0.3 is 9.30 Å². The maximum Gasteiger partial charge on any atom is 0.250 e. The van der Waals surface area contributed by atoms with Gasteiger partial charge in [-0.15, -0.1) is 10.2 Å². The summed E-state index contributed by atoms with van der Waals surface area (Å²) in [7, 11) is 1.61. The van der Waals surface area contributed by atoms with Crippen molar-refractivity contribution in [1.29, 1.82) is 0 Å². The van der Waals surface area contributed by atoms with Crippen molar-refractivity contribution < 1.29 is 13.9 Å². The van der Waals surface area contributed by atoms with Crippen LogP contribution in [0.15, 0.2) is 58.8 Å². The number of rotatable bonds is 8. The molecule has 0 aliphatic rings. The molecule has 150 valence electrons. The van der Waals surface area contributed by atoms with Gasteiger partial charge in [0.05, 0.1) is 19.1 Å². The quantitative estimate of drug-likeness (QED) is 0.348.